The van der Waals surface area contributed by atoms with Gasteiger partial charge in [0.1, 0.15) is 16.8 Å². The molecular weight excluding hydrogens is 456 g/mol. The number of hydrogen-bond acceptors (Lipinski definition) is 10. The fourth-order valence-electron chi connectivity index (χ4n) is 4.21. The number of aryl methyl sites for hydroxylation is 2. The lowest BCUT2D eigenvalue weighted by atomic mass is 10.1. The van der Waals surface area contributed by atoms with Crippen LogP contribution in [0.1, 0.15) is 35.8 Å². The van der Waals surface area contributed by atoms with Gasteiger partial charge in [-0.2, -0.15) is 4.98 Å². The van der Waals surface area contributed by atoms with Crippen LogP contribution in [0.25, 0.3) is 10.2 Å². The molecular formula is C24H28N4O5S. The number of piperidine rings is 1. The Kier molecular flexibility index (Phi) is 6.32. The zero-order chi connectivity index (χ0) is 23.7. The number of anilines is 2. The second-order valence-electron chi connectivity index (χ2n) is 8.36. The van der Waals surface area contributed by atoms with Gasteiger partial charge in [-0.25, -0.2) is 9.78 Å². The maximum atomic E-state index is 11.6. The highest BCUT2D eigenvalue weighted by Gasteiger charge is 2.26. The van der Waals surface area contributed by atoms with Gasteiger partial charge in [0.15, 0.2) is 11.5 Å². The van der Waals surface area contributed by atoms with Crippen molar-refractivity contribution in [1.82, 2.24) is 9.97 Å². The lowest BCUT2D eigenvalue weighted by Crippen LogP contribution is -2.39. The SMILES string of the molecule is CCOC(=O)OC1CCN(c2nc(NCc3ccc4c(c3)OCO4)c3c(C)c(C)sc3n2)CC1. The minimum absolute atomic E-state index is 0.145. The Morgan fingerprint density at radius 1 is 1.21 bits per heavy atom. The number of nitrogens with one attached hydrogen (secondary N) is 1. The average molecular weight is 485 g/mol. The second kappa shape index (κ2) is 9.54. The quantitative estimate of drug-likeness (QED) is 0.495. The maximum Gasteiger partial charge on any atom is 0.508 e. The molecule has 0 radical (unpaired) electrons. The van der Waals surface area contributed by atoms with Crippen molar-refractivity contribution in [3.8, 4) is 11.5 Å². The van der Waals surface area contributed by atoms with Crippen molar-refractivity contribution >= 4 is 39.5 Å². The predicted octanol–water partition coefficient (Wildman–Crippen LogP) is 4.79. The molecule has 9 nitrogen and oxygen atoms in total. The van der Waals surface area contributed by atoms with Crippen molar-refractivity contribution in [2.45, 2.75) is 46.3 Å². The molecule has 0 unspecified atom stereocenters. The Hall–Kier alpha value is -3.27. The highest BCUT2D eigenvalue weighted by molar-refractivity contribution is 7.18. The molecule has 2 aliphatic rings. The van der Waals surface area contributed by atoms with Crippen molar-refractivity contribution in [2.24, 2.45) is 0 Å². The summed E-state index contributed by atoms with van der Waals surface area (Å²) in [5.74, 6) is 3.05. The molecule has 3 aromatic rings. The van der Waals surface area contributed by atoms with Crippen LogP contribution in [-0.4, -0.2) is 48.7 Å². The molecule has 4 heterocycles. The number of aromatic nitrogens is 2. The summed E-state index contributed by atoms with van der Waals surface area (Å²) in [6.45, 7) is 8.59. The van der Waals surface area contributed by atoms with Gasteiger partial charge in [-0.15, -0.1) is 11.3 Å². The summed E-state index contributed by atoms with van der Waals surface area (Å²) in [6.07, 6.45) is 0.678. The van der Waals surface area contributed by atoms with Crippen LogP contribution in [0.15, 0.2) is 18.2 Å². The summed E-state index contributed by atoms with van der Waals surface area (Å²) >= 11 is 1.68. The van der Waals surface area contributed by atoms with E-state index in [0.29, 0.717) is 45.0 Å². The summed E-state index contributed by atoms with van der Waals surface area (Å²) in [6, 6.07) is 5.96. The van der Waals surface area contributed by atoms with Crippen LogP contribution in [0, 0.1) is 13.8 Å². The summed E-state index contributed by atoms with van der Waals surface area (Å²) in [7, 11) is 0. The predicted molar refractivity (Wildman–Crippen MR) is 130 cm³/mol. The number of fused-ring (bicyclic) bond motifs is 2. The topological polar surface area (TPSA) is 95.0 Å². The Morgan fingerprint density at radius 3 is 2.79 bits per heavy atom. The van der Waals surface area contributed by atoms with Crippen molar-refractivity contribution in [2.75, 3.05) is 36.7 Å². The van der Waals surface area contributed by atoms with Crippen LogP contribution in [0.2, 0.25) is 0 Å². The summed E-state index contributed by atoms with van der Waals surface area (Å²) < 4.78 is 21.2. The van der Waals surface area contributed by atoms with Crippen LogP contribution < -0.4 is 19.7 Å². The van der Waals surface area contributed by atoms with Crippen LogP contribution >= 0.6 is 11.3 Å². The standard InChI is InChI=1S/C24H28N4O5S/c1-4-30-24(29)33-17-7-9-28(10-8-17)23-26-21(20-14(2)15(3)34-22(20)27-23)25-12-16-5-6-18-19(11-16)32-13-31-18/h5-6,11,17H,4,7-10,12-13H2,1-3H3,(H,25,26,27). The number of ether oxygens (including phenoxy) is 4. The van der Waals surface area contributed by atoms with Gasteiger partial charge in [0.25, 0.3) is 0 Å². The monoisotopic (exact) mass is 484 g/mol. The largest absolute Gasteiger partial charge is 0.508 e. The smallest absolute Gasteiger partial charge is 0.454 e. The first-order chi connectivity index (χ1) is 16.5. The maximum absolute atomic E-state index is 11.6. The van der Waals surface area contributed by atoms with Gasteiger partial charge < -0.3 is 29.2 Å². The Morgan fingerprint density at radius 2 is 2.00 bits per heavy atom. The fraction of sp³-hybridized carbons (Fsp3) is 0.458. The zero-order valence-corrected chi connectivity index (χ0v) is 20.4. The van der Waals surface area contributed by atoms with Crippen molar-refractivity contribution in [3.05, 3.63) is 34.2 Å². The van der Waals surface area contributed by atoms with Crippen molar-refractivity contribution in [3.63, 3.8) is 0 Å². The number of carbonyl (C=O) groups excluding carboxylic acids is 1. The van der Waals surface area contributed by atoms with Gasteiger partial charge in [-0.1, -0.05) is 6.07 Å². The van der Waals surface area contributed by atoms with E-state index in [-0.39, 0.29) is 12.9 Å². The van der Waals surface area contributed by atoms with E-state index in [0.717, 1.165) is 33.1 Å². The molecule has 1 saturated heterocycles. The summed E-state index contributed by atoms with van der Waals surface area (Å²) in [5.41, 5.74) is 2.28. The third-order valence-corrected chi connectivity index (χ3v) is 7.26. The van der Waals surface area contributed by atoms with Crippen LogP contribution in [0.3, 0.4) is 0 Å². The normalized spacial score (nSPS) is 15.6. The van der Waals surface area contributed by atoms with Crippen LogP contribution in [-0.2, 0) is 16.0 Å². The molecule has 2 aromatic heterocycles. The van der Waals surface area contributed by atoms with E-state index in [1.54, 1.807) is 18.3 Å². The third kappa shape index (κ3) is 4.54. The molecule has 0 saturated carbocycles. The minimum atomic E-state index is -0.599. The van der Waals surface area contributed by atoms with Crippen LogP contribution in [0.4, 0.5) is 16.6 Å². The summed E-state index contributed by atoms with van der Waals surface area (Å²) in [5, 5.41) is 4.59. The first-order valence-electron chi connectivity index (χ1n) is 11.5. The van der Waals surface area contributed by atoms with E-state index >= 15 is 0 Å². The van der Waals surface area contributed by atoms with Gasteiger partial charge in [0.2, 0.25) is 12.7 Å². The molecule has 34 heavy (non-hydrogen) atoms. The number of benzene rings is 1. The van der Waals surface area contributed by atoms with E-state index in [2.05, 4.69) is 24.1 Å². The van der Waals surface area contributed by atoms with E-state index < -0.39 is 6.16 Å². The van der Waals surface area contributed by atoms with Crippen LogP contribution in [0.5, 0.6) is 11.5 Å². The van der Waals surface area contributed by atoms with Crippen molar-refractivity contribution in [1.29, 1.82) is 0 Å². The zero-order valence-electron chi connectivity index (χ0n) is 19.6. The van der Waals surface area contributed by atoms with Gasteiger partial charge in [-0.05, 0) is 44.0 Å². The number of rotatable bonds is 6. The number of carbonyl (C=O) groups is 1. The Balaban J connectivity index is 1.34. The average Bonchev–Trinajstić information content (AvgIpc) is 3.41. The molecule has 180 valence electrons. The van der Waals surface area contributed by atoms with Gasteiger partial charge >= 0.3 is 6.16 Å². The van der Waals surface area contributed by atoms with E-state index in [4.69, 9.17) is 28.9 Å². The highest BCUT2D eigenvalue weighted by atomic mass is 32.1. The minimum Gasteiger partial charge on any atom is -0.454 e. The molecule has 5 rings (SSSR count). The summed E-state index contributed by atoms with van der Waals surface area (Å²) in [4.78, 5) is 25.8. The van der Waals surface area contributed by atoms with E-state index in [9.17, 15) is 4.79 Å². The number of hydrogen-bond donors (Lipinski definition) is 1. The molecule has 0 atom stereocenters. The first-order valence-corrected chi connectivity index (χ1v) is 12.3. The van der Waals surface area contributed by atoms with Crippen molar-refractivity contribution < 1.29 is 23.7 Å². The number of thiophene rings is 1. The molecule has 10 heteroatoms. The lowest BCUT2D eigenvalue weighted by Gasteiger charge is -2.31. The van der Waals surface area contributed by atoms with Gasteiger partial charge in [-0.3, -0.25) is 0 Å². The molecule has 1 aromatic carbocycles. The highest BCUT2D eigenvalue weighted by Crippen LogP contribution is 2.36. The van der Waals surface area contributed by atoms with E-state index in [1.807, 2.05) is 18.2 Å². The first kappa shape index (κ1) is 22.5. The van der Waals surface area contributed by atoms with E-state index in [1.165, 1.54) is 10.4 Å². The molecule has 1 N–H and O–H groups in total. The molecule has 0 aliphatic carbocycles. The molecule has 0 bridgehead atoms. The molecule has 0 amide bonds. The lowest BCUT2D eigenvalue weighted by molar-refractivity contribution is 0.0183. The fourth-order valence-corrected chi connectivity index (χ4v) is 5.23. The third-order valence-electron chi connectivity index (χ3n) is 6.16. The Bertz CT molecular complexity index is 1210. The Labute approximate surface area is 202 Å². The van der Waals surface area contributed by atoms with Gasteiger partial charge in [0.05, 0.1) is 12.0 Å². The molecule has 0 spiro atoms. The second-order valence-corrected chi connectivity index (χ2v) is 9.57. The molecule has 1 fully saturated rings. The van der Waals surface area contributed by atoms with Gasteiger partial charge in [0, 0.05) is 37.4 Å². The number of nitrogens with zero attached hydrogens (tertiary/aromatic N) is 3. The molecule has 2 aliphatic heterocycles.